The van der Waals surface area contributed by atoms with E-state index in [1.54, 1.807) is 12.1 Å². The molecule has 0 aromatic heterocycles. The summed E-state index contributed by atoms with van der Waals surface area (Å²) >= 11 is 2.02. The van der Waals surface area contributed by atoms with Crippen LogP contribution in [0.4, 0.5) is 4.39 Å². The highest BCUT2D eigenvalue weighted by molar-refractivity contribution is 7.99. The number of hydrogen-bond donors (Lipinski definition) is 1. The van der Waals surface area contributed by atoms with Crippen molar-refractivity contribution in [3.63, 3.8) is 0 Å². The fraction of sp³-hybridized carbons (Fsp3) is 0.625. The van der Waals surface area contributed by atoms with Crippen LogP contribution in [0.2, 0.25) is 0 Å². The van der Waals surface area contributed by atoms with E-state index < -0.39 is 0 Å². The number of hydrogen-bond acceptors (Lipinski definition) is 3. The number of thioether (sulfide) groups is 1. The van der Waals surface area contributed by atoms with Gasteiger partial charge >= 0.3 is 0 Å². The maximum atomic E-state index is 13.3. The van der Waals surface area contributed by atoms with Gasteiger partial charge < -0.3 is 5.32 Å². The number of nitrogens with zero attached hydrogens (tertiary/aromatic N) is 1. The molecule has 1 N–H and O–H groups in total. The highest BCUT2D eigenvalue weighted by Crippen LogP contribution is 2.29. The number of aryl methyl sites for hydroxylation is 1. The predicted molar refractivity (Wildman–Crippen MR) is 85.9 cm³/mol. The van der Waals surface area contributed by atoms with E-state index in [1.807, 2.05) is 24.8 Å². The molecule has 0 spiro atoms. The van der Waals surface area contributed by atoms with Crippen LogP contribution in [0.1, 0.15) is 30.5 Å². The Kier molecular flexibility index (Phi) is 5.87. The lowest BCUT2D eigenvalue weighted by Gasteiger charge is -2.39. The van der Waals surface area contributed by atoms with Crippen molar-refractivity contribution in [2.45, 2.75) is 32.4 Å². The SMILES string of the molecule is CCCNC(c1ccc(F)cc1C)C1CSCCN1C. The van der Waals surface area contributed by atoms with Crippen molar-refractivity contribution in [3.8, 4) is 0 Å². The van der Waals surface area contributed by atoms with Gasteiger partial charge in [0.15, 0.2) is 0 Å². The summed E-state index contributed by atoms with van der Waals surface area (Å²) in [6, 6.07) is 5.94. The summed E-state index contributed by atoms with van der Waals surface area (Å²) in [6.45, 7) is 6.31. The molecule has 2 unspecified atom stereocenters. The Labute approximate surface area is 126 Å². The molecule has 1 aromatic carbocycles. The molecule has 4 heteroatoms. The normalized spacial score (nSPS) is 21.9. The maximum Gasteiger partial charge on any atom is 0.123 e. The molecule has 0 aliphatic carbocycles. The van der Waals surface area contributed by atoms with Crippen molar-refractivity contribution in [1.82, 2.24) is 10.2 Å². The standard InChI is InChI=1S/C16H25FN2S/c1-4-7-18-16(15-11-20-9-8-19(15)3)14-6-5-13(17)10-12(14)2/h5-6,10,15-16,18H,4,7-9,11H2,1-3H3. The zero-order chi connectivity index (χ0) is 14.5. The zero-order valence-electron chi connectivity index (χ0n) is 12.7. The number of benzene rings is 1. The van der Waals surface area contributed by atoms with Crippen LogP contribution in [0.15, 0.2) is 18.2 Å². The van der Waals surface area contributed by atoms with Crippen LogP contribution >= 0.6 is 11.8 Å². The lowest BCUT2D eigenvalue weighted by Crippen LogP contribution is -2.48. The molecule has 1 heterocycles. The molecule has 2 nitrogen and oxygen atoms in total. The largest absolute Gasteiger partial charge is 0.309 e. The number of rotatable bonds is 5. The molecule has 0 bridgehead atoms. The molecule has 0 amide bonds. The Morgan fingerprint density at radius 2 is 2.30 bits per heavy atom. The zero-order valence-corrected chi connectivity index (χ0v) is 13.5. The van der Waals surface area contributed by atoms with Crippen LogP contribution in [-0.2, 0) is 0 Å². The van der Waals surface area contributed by atoms with Crippen molar-refractivity contribution in [1.29, 1.82) is 0 Å². The van der Waals surface area contributed by atoms with Gasteiger partial charge in [-0.1, -0.05) is 13.0 Å². The van der Waals surface area contributed by atoms with E-state index >= 15 is 0 Å². The van der Waals surface area contributed by atoms with Gasteiger partial charge in [-0.15, -0.1) is 0 Å². The Bertz CT molecular complexity index is 438. The minimum Gasteiger partial charge on any atom is -0.309 e. The van der Waals surface area contributed by atoms with E-state index in [-0.39, 0.29) is 11.9 Å². The van der Waals surface area contributed by atoms with Gasteiger partial charge in [0.1, 0.15) is 5.82 Å². The van der Waals surface area contributed by atoms with E-state index in [0.29, 0.717) is 6.04 Å². The average molecular weight is 296 g/mol. The molecule has 2 atom stereocenters. The van der Waals surface area contributed by atoms with Crippen LogP contribution in [0.5, 0.6) is 0 Å². The highest BCUT2D eigenvalue weighted by atomic mass is 32.2. The third-order valence-corrected chi connectivity index (χ3v) is 5.06. The molecule has 0 radical (unpaired) electrons. The molecule has 1 aliphatic rings. The van der Waals surface area contributed by atoms with Gasteiger partial charge in [0.2, 0.25) is 0 Å². The second kappa shape index (κ2) is 7.43. The van der Waals surface area contributed by atoms with Gasteiger partial charge in [-0.2, -0.15) is 11.8 Å². The van der Waals surface area contributed by atoms with E-state index in [4.69, 9.17) is 0 Å². The van der Waals surface area contributed by atoms with Crippen molar-refractivity contribution in [3.05, 3.63) is 35.1 Å². The summed E-state index contributed by atoms with van der Waals surface area (Å²) in [5, 5.41) is 3.67. The van der Waals surface area contributed by atoms with Gasteiger partial charge in [0.05, 0.1) is 0 Å². The van der Waals surface area contributed by atoms with E-state index in [9.17, 15) is 4.39 Å². The quantitative estimate of drug-likeness (QED) is 0.898. The van der Waals surface area contributed by atoms with Crippen LogP contribution in [0.25, 0.3) is 0 Å². The summed E-state index contributed by atoms with van der Waals surface area (Å²) in [5.74, 6) is 2.19. The molecule has 1 fully saturated rings. The van der Waals surface area contributed by atoms with Crippen molar-refractivity contribution in [2.24, 2.45) is 0 Å². The molecule has 2 rings (SSSR count). The summed E-state index contributed by atoms with van der Waals surface area (Å²) in [5.41, 5.74) is 2.28. The number of nitrogens with one attached hydrogen (secondary N) is 1. The fourth-order valence-electron chi connectivity index (χ4n) is 2.80. The third kappa shape index (κ3) is 3.74. The topological polar surface area (TPSA) is 15.3 Å². The Balaban J connectivity index is 2.25. The third-order valence-electron chi connectivity index (χ3n) is 4.01. The van der Waals surface area contributed by atoms with Crippen LogP contribution < -0.4 is 5.32 Å². The molecule has 1 aromatic rings. The van der Waals surface area contributed by atoms with Gasteiger partial charge in [-0.3, -0.25) is 4.90 Å². The van der Waals surface area contributed by atoms with Gasteiger partial charge in [0.25, 0.3) is 0 Å². The summed E-state index contributed by atoms with van der Waals surface area (Å²) < 4.78 is 13.3. The Morgan fingerprint density at radius 1 is 1.50 bits per heavy atom. The lowest BCUT2D eigenvalue weighted by atomic mass is 9.94. The first-order chi connectivity index (χ1) is 9.63. The van der Waals surface area contributed by atoms with Crippen LogP contribution in [0.3, 0.4) is 0 Å². The molecule has 1 saturated heterocycles. The van der Waals surface area contributed by atoms with E-state index in [2.05, 4.69) is 24.2 Å². The van der Waals surface area contributed by atoms with E-state index in [1.165, 1.54) is 11.3 Å². The summed E-state index contributed by atoms with van der Waals surface area (Å²) in [4.78, 5) is 2.44. The maximum absolute atomic E-state index is 13.3. The van der Waals surface area contributed by atoms with Crippen molar-refractivity contribution >= 4 is 11.8 Å². The first kappa shape index (κ1) is 15.8. The molecule has 0 saturated carbocycles. The second-order valence-corrected chi connectivity index (χ2v) is 6.71. The minimum absolute atomic E-state index is 0.146. The van der Waals surface area contributed by atoms with Crippen molar-refractivity contribution < 1.29 is 4.39 Å². The minimum atomic E-state index is -0.146. The number of halogens is 1. The highest BCUT2D eigenvalue weighted by Gasteiger charge is 2.29. The molecular formula is C16H25FN2S. The van der Waals surface area contributed by atoms with Gasteiger partial charge in [0, 0.05) is 30.1 Å². The van der Waals surface area contributed by atoms with Crippen LogP contribution in [0, 0.1) is 12.7 Å². The molecule has 112 valence electrons. The summed E-state index contributed by atoms with van der Waals surface area (Å²) in [6.07, 6.45) is 1.11. The molecule has 20 heavy (non-hydrogen) atoms. The number of likely N-dealkylation sites (N-methyl/N-ethyl adjacent to an activating group) is 1. The Hall–Kier alpha value is -0.580. The first-order valence-corrected chi connectivity index (χ1v) is 8.56. The van der Waals surface area contributed by atoms with Gasteiger partial charge in [-0.25, -0.2) is 4.39 Å². The smallest absolute Gasteiger partial charge is 0.123 e. The van der Waals surface area contributed by atoms with Crippen LogP contribution in [-0.4, -0.2) is 42.6 Å². The first-order valence-electron chi connectivity index (χ1n) is 7.41. The monoisotopic (exact) mass is 296 g/mol. The molecular weight excluding hydrogens is 271 g/mol. The summed E-state index contributed by atoms with van der Waals surface area (Å²) in [7, 11) is 2.20. The molecule has 1 aliphatic heterocycles. The lowest BCUT2D eigenvalue weighted by molar-refractivity contribution is 0.215. The van der Waals surface area contributed by atoms with Gasteiger partial charge in [-0.05, 0) is 50.2 Å². The Morgan fingerprint density at radius 3 is 2.95 bits per heavy atom. The van der Waals surface area contributed by atoms with E-state index in [0.717, 1.165) is 30.8 Å². The fourth-order valence-corrected chi connectivity index (χ4v) is 4.07. The van der Waals surface area contributed by atoms with Crippen molar-refractivity contribution in [2.75, 3.05) is 31.6 Å². The average Bonchev–Trinajstić information content (AvgIpc) is 2.42. The second-order valence-electron chi connectivity index (χ2n) is 5.56. The predicted octanol–water partition coefficient (Wildman–Crippen LogP) is 3.22.